The Hall–Kier alpha value is -4.07. The molecular formula is C30H24F4N2O2. The largest absolute Gasteiger partial charge is 0.440 e. The van der Waals surface area contributed by atoms with Crippen molar-refractivity contribution < 1.29 is 27.1 Å². The Morgan fingerprint density at radius 2 is 1.13 bits per heavy atom. The summed E-state index contributed by atoms with van der Waals surface area (Å²) in [5.74, 6) is -8.70. The first-order valence-corrected chi connectivity index (χ1v) is 12.5. The topological polar surface area (TPSA) is 36.2 Å². The number of hydrogen-bond donors (Lipinski definition) is 0. The maximum atomic E-state index is 16.0. The summed E-state index contributed by atoms with van der Waals surface area (Å²) in [5, 5.41) is 1.26. The summed E-state index contributed by atoms with van der Waals surface area (Å²) in [4.78, 5) is 13.4. The van der Waals surface area contributed by atoms with Crippen molar-refractivity contribution in [3.05, 3.63) is 105 Å². The Morgan fingerprint density at radius 3 is 1.61 bits per heavy atom. The SMILES string of the molecule is CCn1c(C)c(C2(c3c(C)n(CC)c4ccccc34)OC(=O)c3c(F)c(F)c(F)c(F)c32)c2ccccc21. The van der Waals surface area contributed by atoms with Gasteiger partial charge in [-0.1, -0.05) is 36.4 Å². The van der Waals surface area contributed by atoms with Crippen LogP contribution in [0.15, 0.2) is 48.5 Å². The van der Waals surface area contributed by atoms with Crippen LogP contribution in [-0.2, 0) is 23.4 Å². The van der Waals surface area contributed by atoms with Gasteiger partial charge >= 0.3 is 5.97 Å². The maximum absolute atomic E-state index is 16.0. The monoisotopic (exact) mass is 520 g/mol. The summed E-state index contributed by atoms with van der Waals surface area (Å²) in [5.41, 5.74) is -0.0660. The molecule has 0 bridgehead atoms. The van der Waals surface area contributed by atoms with Crippen molar-refractivity contribution in [1.29, 1.82) is 0 Å². The molecule has 0 spiro atoms. The Bertz CT molecular complexity index is 1730. The smallest absolute Gasteiger partial charge is 0.343 e. The van der Waals surface area contributed by atoms with E-state index in [1.54, 1.807) is 38.1 Å². The molecule has 38 heavy (non-hydrogen) atoms. The third-order valence-electron chi connectivity index (χ3n) is 7.87. The van der Waals surface area contributed by atoms with Crippen molar-refractivity contribution in [2.45, 2.75) is 46.4 Å². The molecule has 0 aliphatic carbocycles. The van der Waals surface area contributed by atoms with Crippen LogP contribution in [0, 0.1) is 37.1 Å². The van der Waals surface area contributed by atoms with E-state index in [1.807, 2.05) is 47.2 Å². The first-order valence-electron chi connectivity index (χ1n) is 12.5. The van der Waals surface area contributed by atoms with Crippen LogP contribution in [0.4, 0.5) is 17.6 Å². The zero-order valence-corrected chi connectivity index (χ0v) is 21.3. The van der Waals surface area contributed by atoms with E-state index >= 15 is 8.78 Å². The molecule has 0 amide bonds. The van der Waals surface area contributed by atoms with Crippen molar-refractivity contribution in [1.82, 2.24) is 9.13 Å². The number of para-hydroxylation sites is 2. The van der Waals surface area contributed by atoms with Crippen molar-refractivity contribution in [3.63, 3.8) is 0 Å². The summed E-state index contributed by atoms with van der Waals surface area (Å²) in [6.07, 6.45) is 0. The van der Waals surface area contributed by atoms with Crippen LogP contribution < -0.4 is 0 Å². The molecule has 5 aromatic rings. The van der Waals surface area contributed by atoms with E-state index in [2.05, 4.69) is 0 Å². The summed E-state index contributed by atoms with van der Waals surface area (Å²) < 4.78 is 70.7. The molecule has 1 aliphatic heterocycles. The zero-order chi connectivity index (χ0) is 27.1. The number of nitrogens with zero attached hydrogens (tertiary/aromatic N) is 2. The van der Waals surface area contributed by atoms with Crippen molar-refractivity contribution >= 4 is 27.8 Å². The van der Waals surface area contributed by atoms with Crippen molar-refractivity contribution in [2.24, 2.45) is 0 Å². The van der Waals surface area contributed by atoms with Gasteiger partial charge in [-0.05, 0) is 39.8 Å². The Balaban J connectivity index is 1.93. The lowest BCUT2D eigenvalue weighted by atomic mass is 9.76. The van der Waals surface area contributed by atoms with Gasteiger partial charge in [0.25, 0.3) is 0 Å². The zero-order valence-electron chi connectivity index (χ0n) is 21.3. The molecule has 6 rings (SSSR count). The number of halogens is 4. The van der Waals surface area contributed by atoms with Crippen molar-refractivity contribution in [2.75, 3.05) is 0 Å². The highest BCUT2D eigenvalue weighted by molar-refractivity contribution is 6.01. The highest BCUT2D eigenvalue weighted by Gasteiger charge is 2.57. The van der Waals surface area contributed by atoms with Crippen LogP contribution in [0.3, 0.4) is 0 Å². The molecule has 0 unspecified atom stereocenters. The molecule has 0 fully saturated rings. The van der Waals surface area contributed by atoms with Crippen LogP contribution in [0.25, 0.3) is 21.8 Å². The number of benzene rings is 3. The number of esters is 1. The summed E-state index contributed by atoms with van der Waals surface area (Å²) in [7, 11) is 0. The van der Waals surface area contributed by atoms with E-state index in [1.165, 1.54) is 0 Å². The number of ether oxygens (including phenoxy) is 1. The molecule has 2 aromatic heterocycles. The Labute approximate surface area is 216 Å². The van der Waals surface area contributed by atoms with Gasteiger partial charge < -0.3 is 13.9 Å². The van der Waals surface area contributed by atoms with Crippen LogP contribution >= 0.6 is 0 Å². The molecule has 194 valence electrons. The summed E-state index contributed by atoms with van der Waals surface area (Å²) >= 11 is 0. The quantitative estimate of drug-likeness (QED) is 0.108. The molecule has 3 heterocycles. The number of carbonyl (C=O) groups excluding carboxylic acids is 1. The van der Waals surface area contributed by atoms with E-state index in [0.717, 1.165) is 11.0 Å². The average molecular weight is 521 g/mol. The number of cyclic esters (lactones) is 1. The lowest BCUT2D eigenvalue weighted by Crippen LogP contribution is -2.32. The predicted octanol–water partition coefficient (Wildman–Crippen LogP) is 7.27. The fraction of sp³-hybridized carbons (Fsp3) is 0.233. The van der Waals surface area contributed by atoms with Gasteiger partial charge in [0, 0.05) is 57.4 Å². The van der Waals surface area contributed by atoms with E-state index < -0.39 is 46.0 Å². The normalized spacial score (nSPS) is 14.5. The third kappa shape index (κ3) is 2.77. The van der Waals surface area contributed by atoms with Gasteiger partial charge in [-0.2, -0.15) is 0 Å². The number of aromatic nitrogens is 2. The lowest BCUT2D eigenvalue weighted by Gasteiger charge is -2.31. The molecule has 8 heteroatoms. The minimum absolute atomic E-state index is 0.383. The van der Waals surface area contributed by atoms with Crippen LogP contribution in [-0.4, -0.2) is 15.1 Å². The van der Waals surface area contributed by atoms with Crippen molar-refractivity contribution in [3.8, 4) is 0 Å². The first kappa shape index (κ1) is 24.3. The molecule has 0 saturated heterocycles. The maximum Gasteiger partial charge on any atom is 0.343 e. The molecular weight excluding hydrogens is 496 g/mol. The first-order chi connectivity index (χ1) is 18.2. The summed E-state index contributed by atoms with van der Waals surface area (Å²) in [6.45, 7) is 8.55. The van der Waals surface area contributed by atoms with Gasteiger partial charge in [-0.3, -0.25) is 0 Å². The number of carbonyl (C=O) groups is 1. The van der Waals surface area contributed by atoms with Gasteiger partial charge in [-0.15, -0.1) is 0 Å². The minimum Gasteiger partial charge on any atom is -0.440 e. The van der Waals surface area contributed by atoms with Gasteiger partial charge in [0.15, 0.2) is 28.9 Å². The van der Waals surface area contributed by atoms with Gasteiger partial charge in [0.05, 0.1) is 5.56 Å². The number of rotatable bonds is 4. The van der Waals surface area contributed by atoms with E-state index in [-0.39, 0.29) is 0 Å². The summed E-state index contributed by atoms with van der Waals surface area (Å²) in [6, 6.07) is 14.7. The number of hydrogen-bond acceptors (Lipinski definition) is 2. The second kappa shape index (κ2) is 8.21. The fourth-order valence-corrected chi connectivity index (χ4v) is 6.44. The standard InChI is InChI=1S/C30H24F4N2O2/c1-5-35-15(3)22(17-11-7-9-13-19(17)35)30(23-16(4)36(6-2)20-14-10-8-12-18(20)23)24-21(29(37)38-30)25(31)27(33)28(34)26(24)32/h7-14H,5-6H2,1-4H3. The highest BCUT2D eigenvalue weighted by atomic mass is 19.2. The second-order valence-electron chi connectivity index (χ2n) is 9.52. The fourth-order valence-electron chi connectivity index (χ4n) is 6.44. The van der Waals surface area contributed by atoms with Crippen LogP contribution in [0.5, 0.6) is 0 Å². The van der Waals surface area contributed by atoms with Crippen LogP contribution in [0.2, 0.25) is 0 Å². The molecule has 1 aliphatic rings. The molecule has 0 N–H and O–H groups in total. The van der Waals surface area contributed by atoms with E-state index in [0.29, 0.717) is 46.4 Å². The molecule has 4 nitrogen and oxygen atoms in total. The lowest BCUT2D eigenvalue weighted by molar-refractivity contribution is 0.0247. The average Bonchev–Trinajstić information content (AvgIpc) is 3.49. The Kier molecular flexibility index (Phi) is 5.25. The molecule has 0 radical (unpaired) electrons. The van der Waals surface area contributed by atoms with Crippen LogP contribution in [0.1, 0.15) is 52.3 Å². The van der Waals surface area contributed by atoms with E-state index in [9.17, 15) is 13.6 Å². The number of fused-ring (bicyclic) bond motifs is 3. The third-order valence-corrected chi connectivity index (χ3v) is 7.87. The van der Waals surface area contributed by atoms with Gasteiger partial charge in [0.2, 0.25) is 0 Å². The molecule has 0 atom stereocenters. The van der Waals surface area contributed by atoms with E-state index in [4.69, 9.17) is 4.74 Å². The Morgan fingerprint density at radius 1 is 0.684 bits per heavy atom. The van der Waals surface area contributed by atoms with Gasteiger partial charge in [-0.25, -0.2) is 22.4 Å². The minimum atomic E-state index is -2.08. The number of aryl methyl sites for hydroxylation is 2. The molecule has 0 saturated carbocycles. The second-order valence-corrected chi connectivity index (χ2v) is 9.52. The highest BCUT2D eigenvalue weighted by Crippen LogP contribution is 2.55. The molecule has 3 aromatic carbocycles. The van der Waals surface area contributed by atoms with Gasteiger partial charge in [0.1, 0.15) is 5.56 Å². The predicted molar refractivity (Wildman–Crippen MR) is 136 cm³/mol.